The molecule has 3 rings (SSSR count). The van der Waals surface area contributed by atoms with Gasteiger partial charge in [-0.1, -0.05) is 35.9 Å². The molecule has 0 fully saturated rings. The van der Waals surface area contributed by atoms with Crippen LogP contribution in [0.4, 0.5) is 5.69 Å². The van der Waals surface area contributed by atoms with E-state index in [0.717, 1.165) is 10.9 Å². The third kappa shape index (κ3) is 3.83. The number of nitrogens with one attached hydrogen (secondary N) is 1. The third-order valence-corrected chi connectivity index (χ3v) is 3.93. The van der Waals surface area contributed by atoms with Crippen LogP contribution in [-0.2, 0) is 4.79 Å². The lowest BCUT2D eigenvalue weighted by atomic mass is 10.1. The van der Waals surface area contributed by atoms with Crippen LogP contribution in [0.25, 0.3) is 10.9 Å². The molecule has 5 heteroatoms. The van der Waals surface area contributed by atoms with Crippen LogP contribution in [0.3, 0.4) is 0 Å². The van der Waals surface area contributed by atoms with E-state index in [4.69, 9.17) is 0 Å². The van der Waals surface area contributed by atoms with Gasteiger partial charge in [0.1, 0.15) is 0 Å². The van der Waals surface area contributed by atoms with Crippen molar-refractivity contribution in [2.45, 2.75) is 6.92 Å². The maximum absolute atomic E-state index is 12.7. The second-order valence-electron chi connectivity index (χ2n) is 5.96. The van der Waals surface area contributed by atoms with Crippen LogP contribution in [-0.4, -0.2) is 35.3 Å². The lowest BCUT2D eigenvalue weighted by molar-refractivity contribution is -0.116. The minimum atomic E-state index is -0.243. The summed E-state index contributed by atoms with van der Waals surface area (Å²) in [5.41, 5.74) is 2.96. The van der Waals surface area contributed by atoms with E-state index < -0.39 is 0 Å². The molecule has 1 heterocycles. The molecule has 0 saturated heterocycles. The van der Waals surface area contributed by atoms with Gasteiger partial charge in [0.2, 0.25) is 5.91 Å². The molecule has 0 atom stereocenters. The van der Waals surface area contributed by atoms with Crippen molar-refractivity contribution in [2.75, 3.05) is 18.9 Å². The van der Waals surface area contributed by atoms with E-state index >= 15 is 0 Å². The second kappa shape index (κ2) is 7.13. The maximum atomic E-state index is 12.7. The highest BCUT2D eigenvalue weighted by atomic mass is 16.2. The number of carbonyl (C=O) groups excluding carboxylic acids is 2. The van der Waals surface area contributed by atoms with Crippen molar-refractivity contribution in [3.05, 3.63) is 71.9 Å². The summed E-state index contributed by atoms with van der Waals surface area (Å²) in [7, 11) is 1.61. The van der Waals surface area contributed by atoms with Crippen molar-refractivity contribution in [2.24, 2.45) is 0 Å². The van der Waals surface area contributed by atoms with Gasteiger partial charge in [-0.2, -0.15) is 0 Å². The van der Waals surface area contributed by atoms with E-state index in [2.05, 4.69) is 10.3 Å². The van der Waals surface area contributed by atoms with Crippen molar-refractivity contribution in [1.29, 1.82) is 0 Å². The number of aromatic nitrogens is 1. The Hall–Kier alpha value is -3.21. The van der Waals surface area contributed by atoms with Gasteiger partial charge in [-0.25, -0.2) is 0 Å². The molecule has 0 bridgehead atoms. The topological polar surface area (TPSA) is 62.3 Å². The molecule has 0 saturated carbocycles. The predicted molar refractivity (Wildman–Crippen MR) is 98.5 cm³/mol. The monoisotopic (exact) mass is 333 g/mol. The molecule has 0 aliphatic carbocycles. The summed E-state index contributed by atoms with van der Waals surface area (Å²) in [4.78, 5) is 30.6. The van der Waals surface area contributed by atoms with Crippen LogP contribution in [0, 0.1) is 6.92 Å². The van der Waals surface area contributed by atoms with Crippen molar-refractivity contribution < 1.29 is 9.59 Å². The Morgan fingerprint density at radius 3 is 2.52 bits per heavy atom. The van der Waals surface area contributed by atoms with Crippen molar-refractivity contribution in [3.63, 3.8) is 0 Å². The zero-order valence-electron chi connectivity index (χ0n) is 14.2. The van der Waals surface area contributed by atoms with Crippen LogP contribution < -0.4 is 5.32 Å². The summed E-state index contributed by atoms with van der Waals surface area (Å²) in [5, 5.41) is 3.69. The first-order valence-corrected chi connectivity index (χ1v) is 8.00. The van der Waals surface area contributed by atoms with Gasteiger partial charge in [0.15, 0.2) is 0 Å². The first kappa shape index (κ1) is 16.6. The van der Waals surface area contributed by atoms with Gasteiger partial charge in [-0.15, -0.1) is 0 Å². The normalized spacial score (nSPS) is 10.5. The Morgan fingerprint density at radius 1 is 1.04 bits per heavy atom. The molecule has 2 aromatic carbocycles. The Labute approximate surface area is 146 Å². The SMILES string of the molecule is Cc1ccc(NC(=O)CN(C)C(=O)c2cccc3cccnc23)cc1. The van der Waals surface area contributed by atoms with Crippen molar-refractivity contribution in [3.8, 4) is 0 Å². The molecule has 0 unspecified atom stereocenters. The van der Waals surface area contributed by atoms with E-state index in [9.17, 15) is 9.59 Å². The van der Waals surface area contributed by atoms with Crippen LogP contribution in [0.15, 0.2) is 60.8 Å². The van der Waals surface area contributed by atoms with Gasteiger partial charge in [0.25, 0.3) is 5.91 Å². The number of carbonyl (C=O) groups is 2. The number of pyridine rings is 1. The van der Waals surface area contributed by atoms with Crippen LogP contribution in [0.2, 0.25) is 0 Å². The fourth-order valence-corrected chi connectivity index (χ4v) is 2.61. The van der Waals surface area contributed by atoms with Crippen molar-refractivity contribution >= 4 is 28.4 Å². The molecule has 25 heavy (non-hydrogen) atoms. The molecule has 0 aliphatic heterocycles. The Kier molecular flexibility index (Phi) is 4.75. The fourth-order valence-electron chi connectivity index (χ4n) is 2.61. The number of para-hydroxylation sites is 1. The summed E-state index contributed by atoms with van der Waals surface area (Å²) >= 11 is 0. The lowest BCUT2D eigenvalue weighted by Gasteiger charge is -2.17. The molecule has 1 N–H and O–H groups in total. The number of hydrogen-bond donors (Lipinski definition) is 1. The summed E-state index contributed by atoms with van der Waals surface area (Å²) < 4.78 is 0. The number of rotatable bonds is 4. The first-order chi connectivity index (χ1) is 12.0. The largest absolute Gasteiger partial charge is 0.332 e. The van der Waals surface area contributed by atoms with Gasteiger partial charge in [0.05, 0.1) is 17.6 Å². The van der Waals surface area contributed by atoms with E-state index in [0.29, 0.717) is 16.8 Å². The molecule has 0 radical (unpaired) electrons. The van der Waals surface area contributed by atoms with Gasteiger partial charge >= 0.3 is 0 Å². The van der Waals surface area contributed by atoms with E-state index in [-0.39, 0.29) is 18.4 Å². The van der Waals surface area contributed by atoms with Crippen LogP contribution in [0.5, 0.6) is 0 Å². The van der Waals surface area contributed by atoms with E-state index in [1.54, 1.807) is 19.3 Å². The summed E-state index contributed by atoms with van der Waals surface area (Å²) in [6.45, 7) is 1.95. The van der Waals surface area contributed by atoms with Crippen LogP contribution in [0.1, 0.15) is 15.9 Å². The molecule has 5 nitrogen and oxygen atoms in total. The quantitative estimate of drug-likeness (QED) is 0.797. The van der Waals surface area contributed by atoms with Gasteiger partial charge in [-0.3, -0.25) is 14.6 Å². The molecule has 1 aromatic heterocycles. The molecule has 2 amide bonds. The van der Waals surface area contributed by atoms with Crippen molar-refractivity contribution in [1.82, 2.24) is 9.88 Å². The number of aryl methyl sites for hydroxylation is 1. The maximum Gasteiger partial charge on any atom is 0.256 e. The third-order valence-electron chi connectivity index (χ3n) is 3.93. The van der Waals surface area contributed by atoms with E-state index in [1.165, 1.54) is 4.90 Å². The number of amides is 2. The Balaban J connectivity index is 1.71. The molecule has 3 aromatic rings. The Morgan fingerprint density at radius 2 is 1.76 bits per heavy atom. The number of hydrogen-bond acceptors (Lipinski definition) is 3. The lowest BCUT2D eigenvalue weighted by Crippen LogP contribution is -2.35. The average Bonchev–Trinajstić information content (AvgIpc) is 2.62. The standard InChI is InChI=1S/C20H19N3O2/c1-14-8-10-16(11-9-14)22-18(24)13-23(2)20(25)17-7-3-5-15-6-4-12-21-19(15)17/h3-12H,13H2,1-2H3,(H,22,24). The minimum Gasteiger partial charge on any atom is -0.332 e. The summed E-state index contributed by atoms with van der Waals surface area (Å²) in [5.74, 6) is -0.476. The highest BCUT2D eigenvalue weighted by Gasteiger charge is 2.17. The summed E-state index contributed by atoms with van der Waals surface area (Å²) in [6, 6.07) is 16.7. The van der Waals surface area contributed by atoms with Gasteiger partial charge < -0.3 is 10.2 Å². The molecule has 0 aliphatic rings. The van der Waals surface area contributed by atoms with Crippen LogP contribution >= 0.6 is 0 Å². The molecular formula is C20H19N3O2. The second-order valence-corrected chi connectivity index (χ2v) is 5.96. The zero-order chi connectivity index (χ0) is 17.8. The molecule has 0 spiro atoms. The first-order valence-electron chi connectivity index (χ1n) is 8.00. The zero-order valence-corrected chi connectivity index (χ0v) is 14.2. The minimum absolute atomic E-state index is 0.0318. The Bertz CT molecular complexity index is 914. The number of nitrogens with zero attached hydrogens (tertiary/aromatic N) is 2. The van der Waals surface area contributed by atoms with Gasteiger partial charge in [0, 0.05) is 24.3 Å². The predicted octanol–water partition coefficient (Wildman–Crippen LogP) is 3.25. The number of fused-ring (bicyclic) bond motifs is 1. The average molecular weight is 333 g/mol. The molecular weight excluding hydrogens is 314 g/mol. The number of anilines is 1. The molecule has 126 valence electrons. The highest BCUT2D eigenvalue weighted by molar-refractivity contribution is 6.06. The van der Waals surface area contributed by atoms with E-state index in [1.807, 2.05) is 55.5 Å². The summed E-state index contributed by atoms with van der Waals surface area (Å²) in [6.07, 6.45) is 1.66. The highest BCUT2D eigenvalue weighted by Crippen LogP contribution is 2.17. The fraction of sp³-hybridized carbons (Fsp3) is 0.150. The van der Waals surface area contributed by atoms with Gasteiger partial charge in [-0.05, 0) is 31.2 Å². The number of likely N-dealkylation sites (N-methyl/N-ethyl adjacent to an activating group) is 1. The number of benzene rings is 2. The smallest absolute Gasteiger partial charge is 0.256 e.